The molecule has 2 N–H and O–H groups in total. The second-order valence-corrected chi connectivity index (χ2v) is 6.95. The van der Waals surface area contributed by atoms with Gasteiger partial charge in [-0.3, -0.25) is 9.97 Å². The summed E-state index contributed by atoms with van der Waals surface area (Å²) in [5, 5.41) is 19.9. The molecule has 3 aromatic rings. The van der Waals surface area contributed by atoms with Crippen LogP contribution in [-0.4, -0.2) is 35.3 Å². The van der Waals surface area contributed by atoms with E-state index < -0.39 is 0 Å². The van der Waals surface area contributed by atoms with E-state index in [1.807, 2.05) is 24.3 Å². The number of ether oxygens (including phenoxy) is 2. The summed E-state index contributed by atoms with van der Waals surface area (Å²) >= 11 is 1.33. The van der Waals surface area contributed by atoms with E-state index in [0.717, 1.165) is 5.69 Å². The zero-order valence-corrected chi connectivity index (χ0v) is 17.0. The number of rotatable bonds is 8. The van der Waals surface area contributed by atoms with Gasteiger partial charge in [0.25, 0.3) is 0 Å². The van der Waals surface area contributed by atoms with Crippen LogP contribution in [0.3, 0.4) is 0 Å². The Morgan fingerprint density at radius 3 is 2.53 bits per heavy atom. The Bertz CT molecular complexity index is 1090. The van der Waals surface area contributed by atoms with Crippen LogP contribution in [0, 0.1) is 22.7 Å². The molecule has 3 aromatic heterocycles. The molecule has 0 aliphatic carbocycles. The average molecular weight is 418 g/mol. The van der Waals surface area contributed by atoms with E-state index in [-0.39, 0.29) is 16.9 Å². The topological polar surface area (TPSA) is 131 Å². The summed E-state index contributed by atoms with van der Waals surface area (Å²) in [5.41, 5.74) is 8.05. The number of pyridine rings is 3. The highest BCUT2D eigenvalue weighted by Gasteiger charge is 2.21. The number of aromatic nitrogens is 3. The number of methoxy groups -OCH3 is 1. The Balaban J connectivity index is 1.97. The minimum Gasteiger partial charge on any atom is -0.490 e. The summed E-state index contributed by atoms with van der Waals surface area (Å²) in [5.74, 6) is 1.12. The van der Waals surface area contributed by atoms with E-state index in [4.69, 9.17) is 15.2 Å². The van der Waals surface area contributed by atoms with Crippen molar-refractivity contribution >= 4 is 17.6 Å². The fourth-order valence-electron chi connectivity index (χ4n) is 2.64. The predicted molar refractivity (Wildman–Crippen MR) is 112 cm³/mol. The van der Waals surface area contributed by atoms with Gasteiger partial charge >= 0.3 is 0 Å². The monoisotopic (exact) mass is 418 g/mol. The van der Waals surface area contributed by atoms with E-state index >= 15 is 0 Å². The molecule has 3 heterocycles. The summed E-state index contributed by atoms with van der Waals surface area (Å²) in [6, 6.07) is 13.2. The molecule has 0 aliphatic rings. The van der Waals surface area contributed by atoms with Crippen molar-refractivity contribution in [3.05, 3.63) is 59.5 Å². The molecule has 8 nitrogen and oxygen atoms in total. The number of hydrogen-bond acceptors (Lipinski definition) is 9. The summed E-state index contributed by atoms with van der Waals surface area (Å²) in [6.07, 6.45) is 3.23. The molecule has 0 amide bonds. The molecule has 0 unspecified atom stereocenters. The number of nitrogens with zero attached hydrogens (tertiary/aromatic N) is 5. The highest BCUT2D eigenvalue weighted by molar-refractivity contribution is 7.98. The van der Waals surface area contributed by atoms with Crippen molar-refractivity contribution in [2.45, 2.75) is 10.8 Å². The molecule has 0 aliphatic heterocycles. The minimum absolute atomic E-state index is 0.0530. The van der Waals surface area contributed by atoms with Crippen molar-refractivity contribution in [3.8, 4) is 29.1 Å². The quantitative estimate of drug-likeness (QED) is 0.433. The molecule has 0 saturated heterocycles. The Kier molecular flexibility index (Phi) is 7.17. The van der Waals surface area contributed by atoms with Crippen LogP contribution < -0.4 is 10.5 Å². The van der Waals surface area contributed by atoms with Gasteiger partial charge in [-0.15, -0.1) is 0 Å². The normalized spacial score (nSPS) is 10.2. The number of nitrogens with two attached hydrogens (primary N) is 1. The molecular weight excluding hydrogens is 400 g/mol. The number of thioether (sulfide) groups is 1. The molecular formula is C21H18N6O2S. The second-order valence-electron chi connectivity index (χ2n) is 5.98. The summed E-state index contributed by atoms with van der Waals surface area (Å²) in [4.78, 5) is 12.9. The van der Waals surface area contributed by atoms with Gasteiger partial charge in [-0.25, -0.2) is 4.98 Å². The molecule has 0 fully saturated rings. The first kappa shape index (κ1) is 21.1. The summed E-state index contributed by atoms with van der Waals surface area (Å²) in [7, 11) is 1.59. The van der Waals surface area contributed by atoms with E-state index in [9.17, 15) is 10.5 Å². The van der Waals surface area contributed by atoms with Crippen molar-refractivity contribution in [1.82, 2.24) is 15.0 Å². The minimum atomic E-state index is 0.0530. The zero-order chi connectivity index (χ0) is 21.3. The standard InChI is InChI=1S/C21H18N6O2S/c1-28-8-9-29-15-5-6-18(26-12-15)19-16(10-22)20(24)27-21(17(19)11-23)30-13-14-4-2-3-7-25-14/h2-7,12H,8-9,13H2,1H3,(H2,24,27). The lowest BCUT2D eigenvalue weighted by molar-refractivity contribution is 0.146. The SMILES string of the molecule is COCCOc1ccc(-c2c(C#N)c(N)nc(SCc3ccccn3)c2C#N)nc1. The van der Waals surface area contributed by atoms with Gasteiger partial charge in [0.15, 0.2) is 0 Å². The first-order valence-electron chi connectivity index (χ1n) is 8.92. The van der Waals surface area contributed by atoms with Crippen LogP contribution in [0.2, 0.25) is 0 Å². The second kappa shape index (κ2) is 10.2. The number of nitrogen functional groups attached to an aromatic ring is 1. The molecule has 0 saturated carbocycles. The van der Waals surface area contributed by atoms with Crippen LogP contribution in [-0.2, 0) is 10.5 Å². The van der Waals surface area contributed by atoms with Gasteiger partial charge in [-0.1, -0.05) is 17.8 Å². The predicted octanol–water partition coefficient (Wildman–Crippen LogP) is 3.18. The van der Waals surface area contributed by atoms with E-state index in [1.165, 1.54) is 18.0 Å². The highest BCUT2D eigenvalue weighted by Crippen LogP contribution is 2.36. The maximum atomic E-state index is 9.83. The number of anilines is 1. The fourth-order valence-corrected chi connectivity index (χ4v) is 3.55. The lowest BCUT2D eigenvalue weighted by atomic mass is 10.0. The van der Waals surface area contributed by atoms with Crippen LogP contribution in [0.4, 0.5) is 5.82 Å². The molecule has 0 aromatic carbocycles. The molecule has 30 heavy (non-hydrogen) atoms. The summed E-state index contributed by atoms with van der Waals surface area (Å²) in [6.45, 7) is 0.845. The first-order valence-corrected chi connectivity index (χ1v) is 9.91. The zero-order valence-electron chi connectivity index (χ0n) is 16.2. The average Bonchev–Trinajstić information content (AvgIpc) is 2.78. The Labute approximate surface area is 178 Å². The molecule has 0 atom stereocenters. The Morgan fingerprint density at radius 1 is 1.07 bits per heavy atom. The van der Waals surface area contributed by atoms with Crippen LogP contribution in [0.15, 0.2) is 47.8 Å². The highest BCUT2D eigenvalue weighted by atomic mass is 32.2. The van der Waals surface area contributed by atoms with Crippen molar-refractivity contribution in [3.63, 3.8) is 0 Å². The third-order valence-corrected chi connectivity index (χ3v) is 5.06. The van der Waals surface area contributed by atoms with Crippen molar-refractivity contribution in [2.75, 3.05) is 26.1 Å². The van der Waals surface area contributed by atoms with E-state index in [0.29, 0.717) is 41.0 Å². The Morgan fingerprint density at radius 2 is 1.90 bits per heavy atom. The van der Waals surface area contributed by atoms with E-state index in [1.54, 1.807) is 25.4 Å². The molecule has 150 valence electrons. The third-order valence-electron chi connectivity index (χ3n) is 4.05. The lowest BCUT2D eigenvalue weighted by Gasteiger charge is -2.13. The smallest absolute Gasteiger partial charge is 0.143 e. The van der Waals surface area contributed by atoms with Gasteiger partial charge in [-0.05, 0) is 24.3 Å². The lowest BCUT2D eigenvalue weighted by Crippen LogP contribution is -2.06. The number of nitriles is 2. The maximum Gasteiger partial charge on any atom is 0.143 e. The molecule has 0 radical (unpaired) electrons. The van der Waals surface area contributed by atoms with Crippen LogP contribution >= 0.6 is 11.8 Å². The largest absolute Gasteiger partial charge is 0.490 e. The van der Waals surface area contributed by atoms with Crippen LogP contribution in [0.1, 0.15) is 16.8 Å². The molecule has 9 heteroatoms. The number of hydrogen-bond donors (Lipinski definition) is 1. The summed E-state index contributed by atoms with van der Waals surface area (Å²) < 4.78 is 10.5. The van der Waals surface area contributed by atoms with Crippen molar-refractivity contribution in [2.24, 2.45) is 0 Å². The van der Waals surface area contributed by atoms with Crippen molar-refractivity contribution < 1.29 is 9.47 Å². The fraction of sp³-hybridized carbons (Fsp3) is 0.190. The van der Waals surface area contributed by atoms with Crippen LogP contribution in [0.5, 0.6) is 5.75 Å². The van der Waals surface area contributed by atoms with Gasteiger partial charge in [0.05, 0.1) is 29.8 Å². The van der Waals surface area contributed by atoms with Gasteiger partial charge in [0.1, 0.15) is 40.9 Å². The molecule has 0 bridgehead atoms. The van der Waals surface area contributed by atoms with Gasteiger partial charge in [-0.2, -0.15) is 10.5 Å². The van der Waals surface area contributed by atoms with E-state index in [2.05, 4.69) is 21.0 Å². The third kappa shape index (κ3) is 4.84. The van der Waals surface area contributed by atoms with Gasteiger partial charge in [0, 0.05) is 24.6 Å². The first-order chi connectivity index (χ1) is 14.7. The Hall–Kier alpha value is -3.66. The molecule has 3 rings (SSSR count). The van der Waals surface area contributed by atoms with Gasteiger partial charge < -0.3 is 15.2 Å². The van der Waals surface area contributed by atoms with Crippen LogP contribution in [0.25, 0.3) is 11.3 Å². The maximum absolute atomic E-state index is 9.83. The van der Waals surface area contributed by atoms with Gasteiger partial charge in [0.2, 0.25) is 0 Å². The molecule has 0 spiro atoms. The van der Waals surface area contributed by atoms with Crippen molar-refractivity contribution in [1.29, 1.82) is 10.5 Å².